The highest BCUT2D eigenvalue weighted by Crippen LogP contribution is 2.20. The van der Waals surface area contributed by atoms with E-state index in [0.717, 1.165) is 23.2 Å². The van der Waals surface area contributed by atoms with Crippen LogP contribution in [0.3, 0.4) is 0 Å². The van der Waals surface area contributed by atoms with Gasteiger partial charge in [0.05, 0.1) is 5.54 Å². The van der Waals surface area contributed by atoms with Crippen molar-refractivity contribution in [3.8, 4) is 0 Å². The van der Waals surface area contributed by atoms with Crippen LogP contribution in [0.4, 0.5) is 5.69 Å². The molecule has 0 aliphatic heterocycles. The van der Waals surface area contributed by atoms with Gasteiger partial charge in [0.15, 0.2) is 0 Å². The van der Waals surface area contributed by atoms with E-state index in [1.807, 2.05) is 39.0 Å². The molecular formula is C14H23ClN2O. The zero-order chi connectivity index (χ0) is 13.1. The number of carbonyl (C=O) groups excluding carboxylic acids is 1. The second-order valence-electron chi connectivity index (χ2n) is 4.87. The molecule has 0 fully saturated rings. The Hall–Kier alpha value is -1.06. The molecule has 0 spiro atoms. The van der Waals surface area contributed by atoms with E-state index < -0.39 is 5.54 Å². The molecular weight excluding hydrogens is 248 g/mol. The molecule has 1 aromatic rings. The van der Waals surface area contributed by atoms with Gasteiger partial charge in [-0.15, -0.1) is 12.4 Å². The molecule has 0 saturated heterocycles. The average Bonchev–Trinajstić information content (AvgIpc) is 2.24. The normalized spacial score (nSPS) is 13.4. The molecule has 0 aliphatic carbocycles. The van der Waals surface area contributed by atoms with Crippen LogP contribution >= 0.6 is 12.4 Å². The van der Waals surface area contributed by atoms with E-state index in [2.05, 4.69) is 5.32 Å². The Kier molecular flexibility index (Phi) is 6.36. The van der Waals surface area contributed by atoms with Crippen molar-refractivity contribution in [2.45, 2.75) is 46.1 Å². The van der Waals surface area contributed by atoms with Gasteiger partial charge in [-0.1, -0.05) is 25.5 Å². The highest BCUT2D eigenvalue weighted by Gasteiger charge is 2.27. The summed E-state index contributed by atoms with van der Waals surface area (Å²) in [5, 5.41) is 2.91. The van der Waals surface area contributed by atoms with E-state index in [9.17, 15) is 4.79 Å². The Morgan fingerprint density at radius 2 is 2.00 bits per heavy atom. The number of hydrogen-bond donors (Lipinski definition) is 2. The number of hydrogen-bond acceptors (Lipinski definition) is 2. The van der Waals surface area contributed by atoms with Crippen LogP contribution in [0.5, 0.6) is 0 Å². The molecule has 18 heavy (non-hydrogen) atoms. The fourth-order valence-electron chi connectivity index (χ4n) is 1.78. The van der Waals surface area contributed by atoms with Crippen LogP contribution in [-0.2, 0) is 4.79 Å². The summed E-state index contributed by atoms with van der Waals surface area (Å²) in [6.45, 7) is 7.82. The predicted molar refractivity (Wildman–Crippen MR) is 79.3 cm³/mol. The first kappa shape index (κ1) is 16.9. The first-order valence-corrected chi connectivity index (χ1v) is 6.05. The topological polar surface area (TPSA) is 55.1 Å². The highest BCUT2D eigenvalue weighted by molar-refractivity contribution is 5.98. The Labute approximate surface area is 116 Å². The van der Waals surface area contributed by atoms with Crippen LogP contribution in [0.15, 0.2) is 18.2 Å². The van der Waals surface area contributed by atoms with Crippen LogP contribution in [0.2, 0.25) is 0 Å². The second-order valence-corrected chi connectivity index (χ2v) is 4.87. The summed E-state index contributed by atoms with van der Waals surface area (Å²) in [5.74, 6) is -0.118. The van der Waals surface area contributed by atoms with Crippen molar-refractivity contribution >= 4 is 24.0 Å². The molecule has 3 N–H and O–H groups in total. The number of carbonyl (C=O) groups is 1. The zero-order valence-corrected chi connectivity index (χ0v) is 12.4. The fraction of sp³-hybridized carbons (Fsp3) is 0.500. The molecule has 1 atom stereocenters. The van der Waals surface area contributed by atoms with Gasteiger partial charge in [-0.2, -0.15) is 0 Å². The summed E-state index contributed by atoms with van der Waals surface area (Å²) >= 11 is 0. The van der Waals surface area contributed by atoms with Crippen LogP contribution in [0.1, 0.15) is 37.8 Å². The standard InChI is InChI=1S/C14H22N2O.ClH/c1-5-9-14(4,15)13(17)16-12-8-6-7-10(2)11(12)3;/h6-8H,5,9,15H2,1-4H3,(H,16,17);1H. The molecule has 1 rings (SSSR count). The van der Waals surface area contributed by atoms with Gasteiger partial charge >= 0.3 is 0 Å². The Bertz CT molecular complexity index is 416. The third kappa shape index (κ3) is 4.00. The first-order chi connectivity index (χ1) is 7.88. The van der Waals surface area contributed by atoms with Crippen molar-refractivity contribution in [2.75, 3.05) is 5.32 Å². The maximum Gasteiger partial charge on any atom is 0.244 e. The quantitative estimate of drug-likeness (QED) is 0.883. The number of nitrogens with one attached hydrogen (secondary N) is 1. The van der Waals surface area contributed by atoms with E-state index in [1.54, 1.807) is 6.92 Å². The minimum absolute atomic E-state index is 0. The molecule has 0 aromatic heterocycles. The molecule has 0 aliphatic rings. The number of aryl methyl sites for hydroxylation is 1. The summed E-state index contributed by atoms with van der Waals surface area (Å²) in [7, 11) is 0. The van der Waals surface area contributed by atoms with Crippen molar-refractivity contribution in [2.24, 2.45) is 5.73 Å². The van der Waals surface area contributed by atoms with Crippen molar-refractivity contribution in [1.29, 1.82) is 0 Å². The lowest BCUT2D eigenvalue weighted by Gasteiger charge is -2.23. The van der Waals surface area contributed by atoms with E-state index >= 15 is 0 Å². The molecule has 0 heterocycles. The van der Waals surface area contributed by atoms with Crippen LogP contribution < -0.4 is 11.1 Å². The maximum atomic E-state index is 12.1. The highest BCUT2D eigenvalue weighted by atomic mass is 35.5. The minimum Gasteiger partial charge on any atom is -0.324 e. The molecule has 1 aromatic carbocycles. The Morgan fingerprint density at radius 3 is 2.56 bits per heavy atom. The maximum absolute atomic E-state index is 12.1. The van der Waals surface area contributed by atoms with Gasteiger partial charge in [0.2, 0.25) is 5.91 Å². The molecule has 1 unspecified atom stereocenters. The largest absolute Gasteiger partial charge is 0.324 e. The number of nitrogens with two attached hydrogens (primary N) is 1. The smallest absolute Gasteiger partial charge is 0.244 e. The van der Waals surface area contributed by atoms with Crippen molar-refractivity contribution in [3.63, 3.8) is 0 Å². The van der Waals surface area contributed by atoms with Crippen LogP contribution in [0.25, 0.3) is 0 Å². The molecule has 1 amide bonds. The van der Waals surface area contributed by atoms with Crippen molar-refractivity contribution < 1.29 is 4.79 Å². The van der Waals surface area contributed by atoms with Gasteiger partial charge in [0.1, 0.15) is 0 Å². The zero-order valence-electron chi connectivity index (χ0n) is 11.5. The van der Waals surface area contributed by atoms with Crippen molar-refractivity contribution in [3.05, 3.63) is 29.3 Å². The van der Waals surface area contributed by atoms with Gasteiger partial charge in [-0.3, -0.25) is 4.79 Å². The summed E-state index contributed by atoms with van der Waals surface area (Å²) in [4.78, 5) is 12.1. The molecule has 4 heteroatoms. The van der Waals surface area contributed by atoms with E-state index in [-0.39, 0.29) is 18.3 Å². The molecule has 3 nitrogen and oxygen atoms in total. The number of benzene rings is 1. The van der Waals surface area contributed by atoms with Gasteiger partial charge in [0, 0.05) is 5.69 Å². The van der Waals surface area contributed by atoms with Gasteiger partial charge < -0.3 is 11.1 Å². The molecule has 0 bridgehead atoms. The summed E-state index contributed by atoms with van der Waals surface area (Å²) in [6.07, 6.45) is 1.58. The third-order valence-corrected chi connectivity index (χ3v) is 3.14. The number of halogens is 1. The van der Waals surface area contributed by atoms with Crippen LogP contribution in [-0.4, -0.2) is 11.4 Å². The van der Waals surface area contributed by atoms with Gasteiger partial charge in [-0.05, 0) is 44.4 Å². The summed E-state index contributed by atoms with van der Waals surface area (Å²) in [5.41, 5.74) is 8.30. The predicted octanol–water partition coefficient (Wildman–Crippen LogP) is 3.18. The van der Waals surface area contributed by atoms with Gasteiger partial charge in [0.25, 0.3) is 0 Å². The fourth-order valence-corrected chi connectivity index (χ4v) is 1.78. The van der Waals surface area contributed by atoms with E-state index in [1.165, 1.54) is 0 Å². The van der Waals surface area contributed by atoms with Crippen molar-refractivity contribution in [1.82, 2.24) is 0 Å². The SMILES string of the molecule is CCCC(C)(N)C(=O)Nc1cccc(C)c1C.Cl. The average molecular weight is 271 g/mol. The Balaban J connectivity index is 0.00000289. The third-order valence-electron chi connectivity index (χ3n) is 3.14. The summed E-state index contributed by atoms with van der Waals surface area (Å²) in [6, 6.07) is 5.87. The lowest BCUT2D eigenvalue weighted by molar-refractivity contribution is -0.120. The van der Waals surface area contributed by atoms with E-state index in [0.29, 0.717) is 6.42 Å². The monoisotopic (exact) mass is 270 g/mol. The number of rotatable bonds is 4. The number of amides is 1. The molecule has 0 saturated carbocycles. The molecule has 0 radical (unpaired) electrons. The minimum atomic E-state index is -0.801. The number of anilines is 1. The molecule has 102 valence electrons. The lowest BCUT2D eigenvalue weighted by Crippen LogP contribution is -2.48. The van der Waals surface area contributed by atoms with Crippen LogP contribution in [0, 0.1) is 13.8 Å². The first-order valence-electron chi connectivity index (χ1n) is 6.05. The second kappa shape index (κ2) is 6.76. The Morgan fingerprint density at radius 1 is 1.39 bits per heavy atom. The summed E-state index contributed by atoms with van der Waals surface area (Å²) < 4.78 is 0. The lowest BCUT2D eigenvalue weighted by atomic mass is 9.96. The van der Waals surface area contributed by atoms with E-state index in [4.69, 9.17) is 5.73 Å². The van der Waals surface area contributed by atoms with Gasteiger partial charge in [-0.25, -0.2) is 0 Å².